The highest BCUT2D eigenvalue weighted by Gasteiger charge is 2.58. The van der Waals surface area contributed by atoms with Crippen molar-refractivity contribution in [2.75, 3.05) is 27.9 Å². The molecule has 2 saturated heterocycles. The van der Waals surface area contributed by atoms with Gasteiger partial charge in [0.05, 0.1) is 64.1 Å². The van der Waals surface area contributed by atoms with Gasteiger partial charge in [-0.2, -0.15) is 0 Å². The fourth-order valence-electron chi connectivity index (χ4n) is 9.30. The smallest absolute Gasteiger partial charge is 0.199 e. The fraction of sp³-hybridized carbons (Fsp3) is 0.705. The molecule has 11 nitrogen and oxygen atoms in total. The number of rotatable bonds is 27. The van der Waals surface area contributed by atoms with Gasteiger partial charge in [0.1, 0.15) is 23.7 Å². The van der Waals surface area contributed by atoms with E-state index in [1.54, 1.807) is 27.4 Å². The summed E-state index contributed by atoms with van der Waals surface area (Å²) in [6.07, 6.45) is 2.74. The zero-order valence-corrected chi connectivity index (χ0v) is 54.5. The van der Waals surface area contributed by atoms with Crippen molar-refractivity contribution in [3.8, 4) is 11.5 Å². The molecule has 4 rings (SSSR count). The Morgan fingerprint density at radius 2 is 1.25 bits per heavy atom. The van der Waals surface area contributed by atoms with Crippen molar-refractivity contribution in [1.29, 1.82) is 0 Å². The number of allylic oxidation sites excluding steroid dienone is 2. The average molecular weight is 1130 g/mol. The van der Waals surface area contributed by atoms with Gasteiger partial charge in [-0.1, -0.05) is 137 Å². The first-order valence-electron chi connectivity index (χ1n) is 27.8. The van der Waals surface area contributed by atoms with Crippen LogP contribution in [0.25, 0.3) is 0 Å². The molecule has 0 unspecified atom stereocenters. The van der Waals surface area contributed by atoms with Gasteiger partial charge < -0.3 is 51.5 Å². The van der Waals surface area contributed by atoms with E-state index >= 15 is 0 Å². The molecule has 2 aliphatic rings. The minimum atomic E-state index is -2.33. The average Bonchev–Trinajstić information content (AvgIpc) is 3.32. The molecular weight excluding hydrogens is 1030 g/mol. The van der Waals surface area contributed by atoms with Crippen LogP contribution in [0.2, 0.25) is 54.4 Å². The Balaban J connectivity index is 1.82. The quantitative estimate of drug-likeness (QED) is 0.0399. The third-order valence-corrected chi connectivity index (χ3v) is 31.2. The molecule has 15 heteroatoms. The largest absolute Gasteiger partial charge is 0.497 e. The molecule has 76 heavy (non-hydrogen) atoms. The molecule has 2 aromatic rings. The van der Waals surface area contributed by atoms with Crippen LogP contribution < -0.4 is 9.47 Å². The van der Waals surface area contributed by atoms with Crippen molar-refractivity contribution in [2.45, 2.75) is 237 Å². The molecule has 0 spiro atoms. The van der Waals surface area contributed by atoms with Gasteiger partial charge in [0, 0.05) is 37.0 Å². The lowest BCUT2D eigenvalue weighted by atomic mass is 9.78. The molecular formula is C61H103ClO11Si3. The van der Waals surface area contributed by atoms with Crippen LogP contribution in [0.4, 0.5) is 0 Å². The summed E-state index contributed by atoms with van der Waals surface area (Å²) in [6.45, 7) is 48.1. The minimum Gasteiger partial charge on any atom is -0.497 e. The lowest BCUT2D eigenvalue weighted by Gasteiger charge is -2.54. The molecule has 0 saturated carbocycles. The summed E-state index contributed by atoms with van der Waals surface area (Å²) < 4.78 is 67.4. The van der Waals surface area contributed by atoms with E-state index in [0.29, 0.717) is 30.9 Å². The van der Waals surface area contributed by atoms with Gasteiger partial charge in [-0.05, 0) is 128 Å². The standard InChI is InChI=1S/C61H103ClO11Si3/c1-42(37-50(31-26-43(2)62)72-75(19,20)59(8,9)10)38-52-56(68-41-47-29-34-49(65-15)35-30-47)54(67-40-46-27-32-48(64-14)33-28-46)45(4)55(70-52)57(63)61(66-16)39-53(73-76(21,22)60(11,12)13)44(3)51(71-61)25-23-24-36-69-74(17,18)58(5,6)7/h26-35,44-45,50-57,63H,1-2,23-25,36-41H2,3-22H3/b31-26+/t44-,45+,50+,51+,52+,53-,54+,55+,56+,57-,61+/m0/s1. The van der Waals surface area contributed by atoms with Gasteiger partial charge >= 0.3 is 0 Å². The Kier molecular flexibility index (Phi) is 24.0. The van der Waals surface area contributed by atoms with Crippen molar-refractivity contribution in [1.82, 2.24) is 0 Å². The van der Waals surface area contributed by atoms with Crippen molar-refractivity contribution in [3.05, 3.63) is 95.6 Å². The summed E-state index contributed by atoms with van der Waals surface area (Å²) in [5, 5.41) is 13.8. The molecule has 2 fully saturated rings. The van der Waals surface area contributed by atoms with E-state index in [1.165, 1.54) is 0 Å². The number of hydrogen-bond donors (Lipinski definition) is 1. The Morgan fingerprint density at radius 1 is 0.737 bits per heavy atom. The van der Waals surface area contributed by atoms with Crippen LogP contribution in [0.5, 0.6) is 11.5 Å². The van der Waals surface area contributed by atoms with E-state index in [0.717, 1.165) is 47.5 Å². The summed E-state index contributed by atoms with van der Waals surface area (Å²) in [5.74, 6) is -0.378. The molecule has 2 aliphatic heterocycles. The Bertz CT molecular complexity index is 2150. The van der Waals surface area contributed by atoms with Crippen molar-refractivity contribution < 1.29 is 51.5 Å². The lowest BCUT2D eigenvalue weighted by Crippen LogP contribution is -2.67. The van der Waals surface area contributed by atoms with Gasteiger partial charge in [0.15, 0.2) is 30.7 Å². The predicted octanol–water partition coefficient (Wildman–Crippen LogP) is 15.3. The number of aliphatic hydroxyl groups excluding tert-OH is 1. The second-order valence-corrected chi connectivity index (χ2v) is 41.1. The van der Waals surface area contributed by atoms with E-state index < -0.39 is 67.2 Å². The Hall–Kier alpha value is -2.16. The van der Waals surface area contributed by atoms with E-state index in [-0.39, 0.29) is 52.6 Å². The normalized spacial score (nSPS) is 26.1. The maximum Gasteiger partial charge on any atom is 0.199 e. The number of unbranched alkanes of at least 4 members (excludes halogenated alkanes) is 1. The zero-order valence-electron chi connectivity index (χ0n) is 50.7. The summed E-state index contributed by atoms with van der Waals surface area (Å²) in [7, 11) is -1.54. The molecule has 2 heterocycles. The van der Waals surface area contributed by atoms with Crippen LogP contribution in [0, 0.1) is 11.8 Å². The van der Waals surface area contributed by atoms with Gasteiger partial charge in [0.25, 0.3) is 0 Å². The monoisotopic (exact) mass is 1130 g/mol. The second-order valence-electron chi connectivity index (χ2n) is 26.3. The molecule has 0 bridgehead atoms. The third kappa shape index (κ3) is 17.9. The first kappa shape index (κ1) is 66.4. The van der Waals surface area contributed by atoms with Crippen LogP contribution in [-0.4, -0.2) is 113 Å². The first-order valence-corrected chi connectivity index (χ1v) is 37.0. The van der Waals surface area contributed by atoms with E-state index in [2.05, 4.69) is 129 Å². The van der Waals surface area contributed by atoms with Crippen LogP contribution in [0.15, 0.2) is 84.4 Å². The molecule has 1 N–H and O–H groups in total. The Labute approximate surface area is 469 Å². The van der Waals surface area contributed by atoms with Crippen LogP contribution in [0.3, 0.4) is 0 Å². The fourth-order valence-corrected chi connectivity index (χ4v) is 13.1. The van der Waals surface area contributed by atoms with Crippen molar-refractivity contribution in [3.63, 3.8) is 0 Å². The van der Waals surface area contributed by atoms with Gasteiger partial charge in [-0.3, -0.25) is 0 Å². The van der Waals surface area contributed by atoms with Crippen LogP contribution in [0.1, 0.15) is 126 Å². The summed E-state index contributed by atoms with van der Waals surface area (Å²) in [6, 6.07) is 15.8. The number of ether oxygens (including phenoxy) is 7. The number of aliphatic hydroxyl groups is 1. The van der Waals surface area contributed by atoms with Crippen LogP contribution in [-0.2, 0) is 50.2 Å². The minimum absolute atomic E-state index is 0.0227. The summed E-state index contributed by atoms with van der Waals surface area (Å²) in [4.78, 5) is 0. The maximum atomic E-state index is 13.4. The lowest BCUT2D eigenvalue weighted by molar-refractivity contribution is -0.360. The van der Waals surface area contributed by atoms with Crippen molar-refractivity contribution >= 4 is 36.6 Å². The van der Waals surface area contributed by atoms with E-state index in [4.69, 9.17) is 58.0 Å². The number of halogens is 1. The maximum absolute atomic E-state index is 13.4. The van der Waals surface area contributed by atoms with Gasteiger partial charge in [-0.15, -0.1) is 0 Å². The van der Waals surface area contributed by atoms with E-state index in [1.807, 2.05) is 54.6 Å². The molecule has 2 aromatic carbocycles. The molecule has 0 radical (unpaired) electrons. The first-order chi connectivity index (χ1) is 35.1. The zero-order chi connectivity index (χ0) is 57.2. The third-order valence-electron chi connectivity index (χ3n) is 17.5. The molecule has 11 atom stereocenters. The molecule has 0 aliphatic carbocycles. The summed E-state index contributed by atoms with van der Waals surface area (Å²) in [5.41, 5.74) is 2.81. The summed E-state index contributed by atoms with van der Waals surface area (Å²) >= 11 is 6.33. The highest BCUT2D eigenvalue weighted by Crippen LogP contribution is 2.48. The Morgan fingerprint density at radius 3 is 1.72 bits per heavy atom. The molecule has 0 aromatic heterocycles. The van der Waals surface area contributed by atoms with Crippen LogP contribution >= 0.6 is 11.6 Å². The number of benzene rings is 2. The number of methoxy groups -OCH3 is 3. The second kappa shape index (κ2) is 27.5. The SMILES string of the molecule is C=C(Cl)/C=C/[C@H](CC(=C)C[C@H]1O[C@@H]([C@H](O)[C@@]2(OC)C[C@H](O[Si](C)(C)C(C)(C)C)[C@@H](C)[C@@H](CCCCO[Si](C)(C)C(C)(C)C)O2)[C@H](C)[C@@H](OCc2ccc(OC)cc2)[C@@H]1OCc1ccc(OC)cc1)O[Si](C)(C)C(C)(C)C. The van der Waals surface area contributed by atoms with Crippen molar-refractivity contribution in [2.24, 2.45) is 11.8 Å². The predicted molar refractivity (Wildman–Crippen MR) is 319 cm³/mol. The molecule has 0 amide bonds. The highest BCUT2D eigenvalue weighted by molar-refractivity contribution is 6.75. The van der Waals surface area contributed by atoms with E-state index in [9.17, 15) is 5.11 Å². The molecule has 432 valence electrons. The topological polar surface area (TPSA) is 113 Å². The highest BCUT2D eigenvalue weighted by atomic mass is 35.5. The number of hydrogen-bond acceptors (Lipinski definition) is 11. The van der Waals surface area contributed by atoms with Gasteiger partial charge in [0.2, 0.25) is 0 Å². The van der Waals surface area contributed by atoms with Gasteiger partial charge in [-0.25, -0.2) is 0 Å².